The van der Waals surface area contributed by atoms with Gasteiger partial charge in [-0.15, -0.1) is 11.3 Å². The van der Waals surface area contributed by atoms with Crippen molar-refractivity contribution in [2.24, 2.45) is 0 Å². The maximum Gasteiger partial charge on any atom is 0.0898 e. The number of hydrogen-bond donors (Lipinski definition) is 1. The van der Waals surface area contributed by atoms with Gasteiger partial charge in [0.05, 0.1) is 16.4 Å². The Morgan fingerprint density at radius 1 is 1.50 bits per heavy atom. The highest BCUT2D eigenvalue weighted by atomic mass is 32.1. The van der Waals surface area contributed by atoms with Crippen molar-refractivity contribution in [1.82, 2.24) is 20.5 Å². The van der Waals surface area contributed by atoms with Gasteiger partial charge in [0, 0.05) is 24.2 Å². The molecule has 0 amide bonds. The third kappa shape index (κ3) is 2.84. The molecule has 0 aliphatic rings. The molecule has 16 heavy (non-hydrogen) atoms. The number of hydrogen-bond acceptors (Lipinski definition) is 5. The first-order chi connectivity index (χ1) is 7.75. The lowest BCUT2D eigenvalue weighted by atomic mass is 10.2. The molecular formula is C11H14N4S. The van der Waals surface area contributed by atoms with E-state index in [0.717, 1.165) is 16.4 Å². The zero-order valence-corrected chi connectivity index (χ0v) is 10.2. The van der Waals surface area contributed by atoms with Crippen molar-refractivity contribution in [1.29, 1.82) is 0 Å². The summed E-state index contributed by atoms with van der Waals surface area (Å²) < 4.78 is 0. The fourth-order valence-electron chi connectivity index (χ4n) is 1.37. The standard InChI is InChI=1S/C11H14N4S/c1-8(11-7-16-9(2)14-11)12-6-10-4-3-5-13-15-10/h3-5,7-8,12H,6H2,1-2H3. The topological polar surface area (TPSA) is 50.7 Å². The normalized spacial score (nSPS) is 12.6. The molecule has 2 aromatic heterocycles. The van der Waals surface area contributed by atoms with Crippen LogP contribution in [0.3, 0.4) is 0 Å². The van der Waals surface area contributed by atoms with Crippen molar-refractivity contribution >= 4 is 11.3 Å². The summed E-state index contributed by atoms with van der Waals surface area (Å²) in [6.07, 6.45) is 1.68. The quantitative estimate of drug-likeness (QED) is 0.880. The molecule has 0 spiro atoms. The molecule has 5 heteroatoms. The molecule has 1 unspecified atom stereocenters. The number of aryl methyl sites for hydroxylation is 1. The third-order valence-corrected chi connectivity index (χ3v) is 3.09. The summed E-state index contributed by atoms with van der Waals surface area (Å²) in [6, 6.07) is 4.09. The van der Waals surface area contributed by atoms with Gasteiger partial charge >= 0.3 is 0 Å². The van der Waals surface area contributed by atoms with E-state index in [-0.39, 0.29) is 6.04 Å². The Hall–Kier alpha value is -1.33. The van der Waals surface area contributed by atoms with Gasteiger partial charge < -0.3 is 5.32 Å². The number of nitrogens with zero attached hydrogens (tertiary/aromatic N) is 3. The molecular weight excluding hydrogens is 220 g/mol. The number of thiazole rings is 1. The summed E-state index contributed by atoms with van der Waals surface area (Å²) in [4.78, 5) is 4.44. The molecule has 2 heterocycles. The van der Waals surface area contributed by atoms with Gasteiger partial charge in [0.15, 0.2) is 0 Å². The molecule has 0 aliphatic heterocycles. The average Bonchev–Trinajstić information content (AvgIpc) is 2.74. The zero-order chi connectivity index (χ0) is 11.4. The SMILES string of the molecule is Cc1nc(C(C)NCc2cccnn2)cs1. The van der Waals surface area contributed by atoms with Gasteiger partial charge in [-0.05, 0) is 26.0 Å². The molecule has 2 rings (SSSR count). The largest absolute Gasteiger partial charge is 0.303 e. The maximum absolute atomic E-state index is 4.44. The third-order valence-electron chi connectivity index (χ3n) is 2.30. The summed E-state index contributed by atoms with van der Waals surface area (Å²) in [5.41, 5.74) is 2.03. The van der Waals surface area contributed by atoms with Crippen LogP contribution in [0.4, 0.5) is 0 Å². The molecule has 0 saturated carbocycles. The van der Waals surface area contributed by atoms with E-state index in [4.69, 9.17) is 0 Å². The van der Waals surface area contributed by atoms with Crippen LogP contribution in [0.15, 0.2) is 23.7 Å². The molecule has 0 saturated heterocycles. The van der Waals surface area contributed by atoms with Crippen molar-refractivity contribution < 1.29 is 0 Å². The molecule has 4 nitrogen and oxygen atoms in total. The summed E-state index contributed by atoms with van der Waals surface area (Å²) in [5.74, 6) is 0. The van der Waals surface area contributed by atoms with Crippen LogP contribution in [0.1, 0.15) is 29.4 Å². The van der Waals surface area contributed by atoms with Crippen LogP contribution in [0.5, 0.6) is 0 Å². The van der Waals surface area contributed by atoms with Gasteiger partial charge in [-0.25, -0.2) is 4.98 Å². The summed E-state index contributed by atoms with van der Waals surface area (Å²) in [5, 5.41) is 14.4. The minimum absolute atomic E-state index is 0.243. The number of nitrogens with one attached hydrogen (secondary N) is 1. The summed E-state index contributed by atoms with van der Waals surface area (Å²) in [7, 11) is 0. The van der Waals surface area contributed by atoms with Gasteiger partial charge in [-0.3, -0.25) is 0 Å². The lowest BCUT2D eigenvalue weighted by Gasteiger charge is -2.10. The molecule has 0 bridgehead atoms. The smallest absolute Gasteiger partial charge is 0.0898 e. The van der Waals surface area contributed by atoms with Crippen molar-refractivity contribution in [3.8, 4) is 0 Å². The Morgan fingerprint density at radius 3 is 3.00 bits per heavy atom. The minimum atomic E-state index is 0.243. The van der Waals surface area contributed by atoms with E-state index < -0.39 is 0 Å². The van der Waals surface area contributed by atoms with Crippen LogP contribution in [0, 0.1) is 6.92 Å². The fraction of sp³-hybridized carbons (Fsp3) is 0.364. The molecule has 0 fully saturated rings. The number of aromatic nitrogens is 3. The van der Waals surface area contributed by atoms with Crippen molar-refractivity contribution in [2.45, 2.75) is 26.4 Å². The Morgan fingerprint density at radius 2 is 2.38 bits per heavy atom. The van der Waals surface area contributed by atoms with Crippen LogP contribution < -0.4 is 5.32 Å². The maximum atomic E-state index is 4.44. The molecule has 1 N–H and O–H groups in total. The Balaban J connectivity index is 1.91. The lowest BCUT2D eigenvalue weighted by Crippen LogP contribution is -2.19. The first-order valence-electron chi connectivity index (χ1n) is 5.17. The second-order valence-electron chi connectivity index (χ2n) is 3.61. The highest BCUT2D eigenvalue weighted by Crippen LogP contribution is 2.15. The van der Waals surface area contributed by atoms with E-state index in [1.165, 1.54) is 0 Å². The first kappa shape index (κ1) is 11.2. The van der Waals surface area contributed by atoms with Gasteiger partial charge in [-0.2, -0.15) is 10.2 Å². The van der Waals surface area contributed by atoms with E-state index in [2.05, 4.69) is 32.8 Å². The van der Waals surface area contributed by atoms with Crippen LogP contribution in [-0.4, -0.2) is 15.2 Å². The van der Waals surface area contributed by atoms with Crippen LogP contribution in [0.2, 0.25) is 0 Å². The molecule has 0 radical (unpaired) electrons. The van der Waals surface area contributed by atoms with Crippen LogP contribution in [0.25, 0.3) is 0 Å². The molecule has 84 valence electrons. The van der Waals surface area contributed by atoms with Gasteiger partial charge in [0.25, 0.3) is 0 Å². The minimum Gasteiger partial charge on any atom is -0.303 e. The summed E-state index contributed by atoms with van der Waals surface area (Å²) >= 11 is 1.68. The Bertz CT molecular complexity index is 440. The monoisotopic (exact) mass is 234 g/mol. The molecule has 0 aromatic carbocycles. The van der Waals surface area contributed by atoms with Crippen LogP contribution >= 0.6 is 11.3 Å². The van der Waals surface area contributed by atoms with Gasteiger partial charge in [0.2, 0.25) is 0 Å². The lowest BCUT2D eigenvalue weighted by molar-refractivity contribution is 0.553. The molecule has 1 atom stereocenters. The second kappa shape index (κ2) is 5.14. The molecule has 0 aliphatic carbocycles. The van der Waals surface area contributed by atoms with Crippen LogP contribution in [-0.2, 0) is 6.54 Å². The van der Waals surface area contributed by atoms with E-state index in [1.54, 1.807) is 17.5 Å². The van der Waals surface area contributed by atoms with Crippen molar-refractivity contribution in [2.75, 3.05) is 0 Å². The average molecular weight is 234 g/mol. The summed E-state index contributed by atoms with van der Waals surface area (Å²) in [6.45, 7) is 4.83. The van der Waals surface area contributed by atoms with Gasteiger partial charge in [-0.1, -0.05) is 0 Å². The predicted octanol–water partition coefficient (Wildman–Crippen LogP) is 2.09. The van der Waals surface area contributed by atoms with Crippen molar-refractivity contribution in [3.63, 3.8) is 0 Å². The second-order valence-corrected chi connectivity index (χ2v) is 4.67. The van der Waals surface area contributed by atoms with E-state index in [1.807, 2.05) is 19.1 Å². The van der Waals surface area contributed by atoms with E-state index in [0.29, 0.717) is 6.54 Å². The van der Waals surface area contributed by atoms with Crippen molar-refractivity contribution in [3.05, 3.63) is 40.1 Å². The molecule has 2 aromatic rings. The predicted molar refractivity (Wildman–Crippen MR) is 64.1 cm³/mol. The highest BCUT2D eigenvalue weighted by molar-refractivity contribution is 7.09. The van der Waals surface area contributed by atoms with Gasteiger partial charge in [0.1, 0.15) is 0 Å². The Kier molecular flexibility index (Phi) is 3.58. The van der Waals surface area contributed by atoms with E-state index >= 15 is 0 Å². The number of rotatable bonds is 4. The zero-order valence-electron chi connectivity index (χ0n) is 9.34. The fourth-order valence-corrected chi connectivity index (χ4v) is 2.08. The van der Waals surface area contributed by atoms with E-state index in [9.17, 15) is 0 Å². The Labute approximate surface area is 98.8 Å². The first-order valence-corrected chi connectivity index (χ1v) is 6.05. The highest BCUT2D eigenvalue weighted by Gasteiger charge is 2.08.